The van der Waals surface area contributed by atoms with Crippen LogP contribution in [0.4, 0.5) is 0 Å². The van der Waals surface area contributed by atoms with Gasteiger partial charge in [-0.2, -0.15) is 5.84 Å². The van der Waals surface area contributed by atoms with Crippen LogP contribution in [-0.2, 0) is 4.79 Å². The second-order valence-corrected chi connectivity index (χ2v) is 4.09. The van der Waals surface area contributed by atoms with Crippen molar-refractivity contribution in [1.82, 2.24) is 0 Å². The van der Waals surface area contributed by atoms with Crippen LogP contribution < -0.4 is 10.9 Å². The van der Waals surface area contributed by atoms with Crippen molar-refractivity contribution in [3.05, 3.63) is 0 Å². The number of hydrogen-bond acceptors (Lipinski definition) is 3. The Morgan fingerprint density at radius 1 is 1.50 bits per heavy atom. The van der Waals surface area contributed by atoms with E-state index in [9.17, 15) is 9.90 Å². The van der Waals surface area contributed by atoms with Gasteiger partial charge in [-0.25, -0.2) is 4.59 Å². The number of nitrogens with zero attached hydrogens (tertiary/aromatic N) is 1. The molecule has 4 heteroatoms. The van der Waals surface area contributed by atoms with E-state index in [1.165, 1.54) is 0 Å². The van der Waals surface area contributed by atoms with E-state index in [2.05, 4.69) is 0 Å². The normalized spacial score (nSPS) is 14.8. The fraction of sp³-hybridized carbons (Fsp3) is 0.875. The Morgan fingerprint density at radius 3 is 2.00 bits per heavy atom. The zero-order valence-electron chi connectivity index (χ0n) is 8.20. The molecule has 72 valence electrons. The Balaban J connectivity index is 4.35. The van der Waals surface area contributed by atoms with Gasteiger partial charge in [-0.1, -0.05) is 13.8 Å². The second kappa shape index (κ2) is 3.87. The van der Waals surface area contributed by atoms with Crippen molar-refractivity contribution in [2.75, 3.05) is 14.1 Å². The van der Waals surface area contributed by atoms with Gasteiger partial charge in [0.2, 0.25) is 0 Å². The van der Waals surface area contributed by atoms with Crippen LogP contribution in [0.1, 0.15) is 20.3 Å². The second-order valence-electron chi connectivity index (χ2n) is 4.09. The van der Waals surface area contributed by atoms with Crippen LogP contribution in [0.2, 0.25) is 0 Å². The van der Waals surface area contributed by atoms with E-state index in [1.54, 1.807) is 14.1 Å². The van der Waals surface area contributed by atoms with Crippen molar-refractivity contribution in [2.45, 2.75) is 26.3 Å². The largest absolute Gasteiger partial charge is 0.544 e. The smallest absolute Gasteiger partial charge is 0.146 e. The molecular formula is C8H18N2O2. The highest BCUT2D eigenvalue weighted by molar-refractivity contribution is 5.69. The Labute approximate surface area is 73.5 Å². The van der Waals surface area contributed by atoms with Crippen molar-refractivity contribution >= 4 is 5.97 Å². The van der Waals surface area contributed by atoms with Crippen LogP contribution in [0.3, 0.4) is 0 Å². The maximum absolute atomic E-state index is 10.7. The summed E-state index contributed by atoms with van der Waals surface area (Å²) in [5.41, 5.74) is 0. The van der Waals surface area contributed by atoms with Crippen LogP contribution in [0.5, 0.6) is 0 Å². The van der Waals surface area contributed by atoms with E-state index < -0.39 is 12.0 Å². The molecule has 0 heterocycles. The first kappa shape index (κ1) is 11.4. The van der Waals surface area contributed by atoms with Gasteiger partial charge in [0.15, 0.2) is 0 Å². The molecule has 0 bridgehead atoms. The highest BCUT2D eigenvalue weighted by Gasteiger charge is 2.26. The summed E-state index contributed by atoms with van der Waals surface area (Å²) in [5, 5.41) is 10.7. The minimum absolute atomic E-state index is 0.0689. The van der Waals surface area contributed by atoms with E-state index in [1.807, 2.05) is 13.8 Å². The van der Waals surface area contributed by atoms with Crippen molar-refractivity contribution in [3.8, 4) is 0 Å². The summed E-state index contributed by atoms with van der Waals surface area (Å²) in [4.78, 5) is 10.7. The molecule has 0 aromatic rings. The number of nitrogens with two attached hydrogens (primary N) is 1. The number of aliphatic carboxylic acids is 1. The molecule has 1 unspecified atom stereocenters. The molecule has 0 amide bonds. The fourth-order valence-corrected chi connectivity index (χ4v) is 1.09. The molecule has 0 saturated carbocycles. The number of hydrogen-bond donors (Lipinski definition) is 1. The van der Waals surface area contributed by atoms with Crippen molar-refractivity contribution < 1.29 is 14.5 Å². The lowest BCUT2D eigenvalue weighted by molar-refractivity contribution is -0.920. The summed E-state index contributed by atoms with van der Waals surface area (Å²) in [6, 6.07) is -0.620. The fourth-order valence-electron chi connectivity index (χ4n) is 1.09. The van der Waals surface area contributed by atoms with Crippen LogP contribution >= 0.6 is 0 Å². The Morgan fingerprint density at radius 2 is 1.92 bits per heavy atom. The van der Waals surface area contributed by atoms with Crippen molar-refractivity contribution in [1.29, 1.82) is 0 Å². The first-order valence-corrected chi connectivity index (χ1v) is 4.08. The topological polar surface area (TPSA) is 66.1 Å². The average molecular weight is 174 g/mol. The molecule has 12 heavy (non-hydrogen) atoms. The molecule has 0 aliphatic carbocycles. The molecule has 1 atom stereocenters. The Hall–Kier alpha value is -0.610. The molecule has 0 aliphatic heterocycles. The molecule has 0 fully saturated rings. The molecule has 0 aromatic carbocycles. The Bertz CT molecular complexity index is 161. The van der Waals surface area contributed by atoms with Crippen molar-refractivity contribution in [2.24, 2.45) is 11.8 Å². The van der Waals surface area contributed by atoms with Gasteiger partial charge in [-0.15, -0.1) is 0 Å². The van der Waals surface area contributed by atoms with E-state index >= 15 is 0 Å². The first-order valence-electron chi connectivity index (χ1n) is 4.08. The molecule has 4 nitrogen and oxygen atoms in total. The summed E-state index contributed by atoms with van der Waals surface area (Å²) < 4.78 is -0.0689. The maximum Gasteiger partial charge on any atom is 0.146 e. The predicted octanol–water partition coefficient (Wildman–Crippen LogP) is -0.899. The van der Waals surface area contributed by atoms with E-state index in [-0.39, 0.29) is 4.59 Å². The molecule has 0 rings (SSSR count). The van der Waals surface area contributed by atoms with E-state index in [0.717, 1.165) is 0 Å². The minimum Gasteiger partial charge on any atom is -0.544 e. The third kappa shape index (κ3) is 3.69. The number of rotatable bonds is 4. The lowest BCUT2D eigenvalue weighted by Gasteiger charge is -2.34. The highest BCUT2D eigenvalue weighted by atomic mass is 16.4. The minimum atomic E-state index is -1.07. The van der Waals surface area contributed by atoms with Gasteiger partial charge in [0.1, 0.15) is 12.0 Å². The van der Waals surface area contributed by atoms with Gasteiger partial charge in [0, 0.05) is 6.42 Å². The quantitative estimate of drug-likeness (QED) is 0.341. The van der Waals surface area contributed by atoms with Gasteiger partial charge in [-0.05, 0) is 5.92 Å². The first-order chi connectivity index (χ1) is 5.25. The van der Waals surface area contributed by atoms with E-state index in [0.29, 0.717) is 12.3 Å². The molecule has 0 aromatic heterocycles. The predicted molar refractivity (Wildman–Crippen MR) is 44.5 cm³/mol. The Kier molecular flexibility index (Phi) is 3.67. The summed E-state index contributed by atoms with van der Waals surface area (Å²) >= 11 is 0. The molecule has 0 aliphatic rings. The monoisotopic (exact) mass is 174 g/mol. The van der Waals surface area contributed by atoms with Crippen molar-refractivity contribution in [3.63, 3.8) is 0 Å². The number of carbonyl (C=O) groups is 1. The number of quaternary nitrogens is 1. The zero-order chi connectivity index (χ0) is 9.94. The zero-order valence-corrected chi connectivity index (χ0v) is 8.20. The lowest BCUT2D eigenvalue weighted by Crippen LogP contribution is -2.61. The molecule has 2 N–H and O–H groups in total. The molecule has 0 radical (unpaired) electrons. The summed E-state index contributed by atoms with van der Waals surface area (Å²) in [6.45, 7) is 3.93. The van der Waals surface area contributed by atoms with Gasteiger partial charge in [-0.3, -0.25) is 0 Å². The molecule has 0 spiro atoms. The summed E-state index contributed by atoms with van der Waals surface area (Å²) in [6.07, 6.45) is 0.547. The summed E-state index contributed by atoms with van der Waals surface area (Å²) in [7, 11) is 3.31. The van der Waals surface area contributed by atoms with Gasteiger partial charge >= 0.3 is 0 Å². The highest BCUT2D eigenvalue weighted by Crippen LogP contribution is 2.11. The SMILES string of the molecule is CC(C)CC(C(=O)[O-])[N+](C)(C)N. The van der Waals surface area contributed by atoms with Crippen LogP contribution in [0, 0.1) is 5.92 Å². The lowest BCUT2D eigenvalue weighted by atomic mass is 10.0. The summed E-state index contributed by atoms with van der Waals surface area (Å²) in [5.74, 6) is 4.89. The average Bonchev–Trinajstić information content (AvgIpc) is 1.79. The van der Waals surface area contributed by atoms with Gasteiger partial charge in [0.25, 0.3) is 0 Å². The van der Waals surface area contributed by atoms with E-state index in [4.69, 9.17) is 5.84 Å². The van der Waals surface area contributed by atoms with Gasteiger partial charge < -0.3 is 9.90 Å². The third-order valence-electron chi connectivity index (χ3n) is 1.77. The number of likely N-dealkylation sites (N-methyl/N-ethyl adjacent to an activating group) is 1. The maximum atomic E-state index is 10.7. The number of carboxylic acids is 1. The van der Waals surface area contributed by atoms with Crippen LogP contribution in [0.25, 0.3) is 0 Å². The standard InChI is InChI=1S/C8H18N2O2/c1-6(2)5-7(8(11)12)10(3,4)9/h6-7H,5,9H2,1-4H3. The number of carboxylic acid groups (broad SMARTS) is 1. The third-order valence-corrected chi connectivity index (χ3v) is 1.77. The number of carbonyl (C=O) groups excluding carboxylic acids is 1. The van der Waals surface area contributed by atoms with Gasteiger partial charge in [0.05, 0.1) is 14.1 Å². The molecule has 0 saturated heterocycles. The van der Waals surface area contributed by atoms with Crippen LogP contribution in [-0.4, -0.2) is 30.7 Å². The molecular weight excluding hydrogens is 156 g/mol. The van der Waals surface area contributed by atoms with Crippen LogP contribution in [0.15, 0.2) is 0 Å².